The van der Waals surface area contributed by atoms with Crippen molar-refractivity contribution in [3.05, 3.63) is 18.2 Å². The number of anilines is 1. The lowest BCUT2D eigenvalue weighted by molar-refractivity contribution is -0.117. The van der Waals surface area contributed by atoms with Gasteiger partial charge in [0.25, 0.3) is 0 Å². The maximum absolute atomic E-state index is 11.8. The predicted molar refractivity (Wildman–Crippen MR) is 68.6 cm³/mol. The number of nitrogens with two attached hydrogens (primary N) is 1. The molecule has 1 atom stereocenters. The fraction of sp³-hybridized carbons (Fsp3) is 0.462. The summed E-state index contributed by atoms with van der Waals surface area (Å²) >= 11 is 0. The van der Waals surface area contributed by atoms with Crippen molar-refractivity contribution in [2.75, 3.05) is 12.1 Å². The van der Waals surface area contributed by atoms with E-state index >= 15 is 0 Å². The van der Waals surface area contributed by atoms with Gasteiger partial charge in [-0.1, -0.05) is 13.8 Å². The zero-order valence-corrected chi connectivity index (χ0v) is 10.6. The van der Waals surface area contributed by atoms with E-state index in [1.54, 1.807) is 18.2 Å². The molecule has 0 saturated heterocycles. The van der Waals surface area contributed by atoms with E-state index in [0.29, 0.717) is 29.5 Å². The number of carbonyl (C=O) groups is 1. The van der Waals surface area contributed by atoms with Gasteiger partial charge < -0.3 is 20.5 Å². The highest BCUT2D eigenvalue weighted by Crippen LogP contribution is 2.34. The standard InChI is InChI=1S/C13H18N2O3/c1-8(2)5-10(14)13(16)15-9-3-4-11-12(6-9)18-7-17-11/h3-4,6,8,10H,5,7,14H2,1-2H3,(H,15,16). The number of benzene rings is 1. The molecule has 0 bridgehead atoms. The Labute approximate surface area is 106 Å². The second-order valence-electron chi connectivity index (χ2n) is 4.79. The van der Waals surface area contributed by atoms with Crippen molar-refractivity contribution in [1.29, 1.82) is 0 Å². The fourth-order valence-corrected chi connectivity index (χ4v) is 1.82. The van der Waals surface area contributed by atoms with Gasteiger partial charge in [-0.15, -0.1) is 0 Å². The van der Waals surface area contributed by atoms with Crippen molar-refractivity contribution in [3.63, 3.8) is 0 Å². The van der Waals surface area contributed by atoms with Crippen LogP contribution in [0.3, 0.4) is 0 Å². The number of rotatable bonds is 4. The summed E-state index contributed by atoms with van der Waals surface area (Å²) in [6.45, 7) is 4.29. The lowest BCUT2D eigenvalue weighted by atomic mass is 10.0. The predicted octanol–water partition coefficient (Wildman–Crippen LogP) is 1.73. The summed E-state index contributed by atoms with van der Waals surface area (Å²) in [5.74, 6) is 1.55. The van der Waals surface area contributed by atoms with Crippen LogP contribution in [0, 0.1) is 5.92 Å². The van der Waals surface area contributed by atoms with Crippen LogP contribution < -0.4 is 20.5 Å². The lowest BCUT2D eigenvalue weighted by Gasteiger charge is -2.14. The quantitative estimate of drug-likeness (QED) is 0.853. The van der Waals surface area contributed by atoms with Gasteiger partial charge in [-0.3, -0.25) is 4.79 Å². The minimum absolute atomic E-state index is 0.178. The Hall–Kier alpha value is -1.75. The van der Waals surface area contributed by atoms with E-state index in [9.17, 15) is 4.79 Å². The minimum atomic E-state index is -0.490. The molecule has 98 valence electrons. The van der Waals surface area contributed by atoms with Crippen LogP contribution in [0.15, 0.2) is 18.2 Å². The van der Waals surface area contributed by atoms with Gasteiger partial charge in [0.1, 0.15) is 0 Å². The summed E-state index contributed by atoms with van der Waals surface area (Å²) < 4.78 is 10.4. The van der Waals surface area contributed by atoms with Crippen molar-refractivity contribution in [3.8, 4) is 11.5 Å². The second kappa shape index (κ2) is 5.27. The Balaban J connectivity index is 1.99. The van der Waals surface area contributed by atoms with Gasteiger partial charge in [0, 0.05) is 11.8 Å². The third-order valence-electron chi connectivity index (χ3n) is 2.70. The molecule has 5 heteroatoms. The van der Waals surface area contributed by atoms with E-state index in [1.165, 1.54) is 0 Å². The first kappa shape index (κ1) is 12.7. The molecule has 1 aliphatic rings. The summed E-state index contributed by atoms with van der Waals surface area (Å²) in [7, 11) is 0. The van der Waals surface area contributed by atoms with Gasteiger partial charge in [0.05, 0.1) is 6.04 Å². The van der Waals surface area contributed by atoms with Crippen LogP contribution >= 0.6 is 0 Å². The zero-order valence-electron chi connectivity index (χ0n) is 10.6. The summed E-state index contributed by atoms with van der Waals surface area (Å²) in [5, 5.41) is 2.78. The second-order valence-corrected chi connectivity index (χ2v) is 4.79. The topological polar surface area (TPSA) is 73.6 Å². The minimum Gasteiger partial charge on any atom is -0.454 e. The van der Waals surface area contributed by atoms with Gasteiger partial charge in [0.2, 0.25) is 12.7 Å². The molecule has 1 aromatic rings. The first-order valence-electron chi connectivity index (χ1n) is 6.02. The molecule has 0 aliphatic carbocycles. The monoisotopic (exact) mass is 250 g/mol. The highest BCUT2D eigenvalue weighted by atomic mass is 16.7. The van der Waals surface area contributed by atoms with Crippen molar-refractivity contribution in [2.24, 2.45) is 11.7 Å². The maximum atomic E-state index is 11.8. The Morgan fingerprint density at radius 1 is 1.39 bits per heavy atom. The van der Waals surface area contributed by atoms with Crippen LogP contribution in [0.4, 0.5) is 5.69 Å². The average molecular weight is 250 g/mol. The van der Waals surface area contributed by atoms with Gasteiger partial charge >= 0.3 is 0 Å². The number of fused-ring (bicyclic) bond motifs is 1. The normalized spacial score (nSPS) is 14.7. The highest BCUT2D eigenvalue weighted by molar-refractivity contribution is 5.94. The average Bonchev–Trinajstić information content (AvgIpc) is 2.75. The molecule has 0 aromatic heterocycles. The first-order valence-corrected chi connectivity index (χ1v) is 6.02. The van der Waals surface area contributed by atoms with E-state index in [4.69, 9.17) is 15.2 Å². The van der Waals surface area contributed by atoms with Gasteiger partial charge in [-0.2, -0.15) is 0 Å². The number of hydrogen-bond acceptors (Lipinski definition) is 4. The zero-order chi connectivity index (χ0) is 13.1. The van der Waals surface area contributed by atoms with Crippen LogP contribution in [0.25, 0.3) is 0 Å². The van der Waals surface area contributed by atoms with E-state index in [1.807, 2.05) is 13.8 Å². The molecule has 1 heterocycles. The van der Waals surface area contributed by atoms with Crippen LogP contribution in [-0.2, 0) is 4.79 Å². The number of amides is 1. The van der Waals surface area contributed by atoms with Crippen LogP contribution in [0.5, 0.6) is 11.5 Å². The Morgan fingerprint density at radius 2 is 2.11 bits per heavy atom. The van der Waals surface area contributed by atoms with Gasteiger partial charge in [-0.05, 0) is 24.5 Å². The molecule has 1 aromatic carbocycles. The van der Waals surface area contributed by atoms with Crippen LogP contribution in [0.2, 0.25) is 0 Å². The largest absolute Gasteiger partial charge is 0.454 e. The molecule has 1 unspecified atom stereocenters. The van der Waals surface area contributed by atoms with E-state index < -0.39 is 6.04 Å². The van der Waals surface area contributed by atoms with Crippen LogP contribution in [0.1, 0.15) is 20.3 Å². The maximum Gasteiger partial charge on any atom is 0.241 e. The van der Waals surface area contributed by atoms with Gasteiger partial charge in [0.15, 0.2) is 11.5 Å². The molecule has 5 nitrogen and oxygen atoms in total. The molecule has 0 saturated carbocycles. The summed E-state index contributed by atoms with van der Waals surface area (Å²) in [4.78, 5) is 11.8. The van der Waals surface area contributed by atoms with E-state index in [0.717, 1.165) is 0 Å². The number of carbonyl (C=O) groups excluding carboxylic acids is 1. The van der Waals surface area contributed by atoms with Crippen molar-refractivity contribution >= 4 is 11.6 Å². The molecule has 18 heavy (non-hydrogen) atoms. The van der Waals surface area contributed by atoms with Crippen LogP contribution in [-0.4, -0.2) is 18.7 Å². The molecule has 1 amide bonds. The molecule has 0 fully saturated rings. The highest BCUT2D eigenvalue weighted by Gasteiger charge is 2.17. The Bertz CT molecular complexity index is 446. The van der Waals surface area contributed by atoms with Gasteiger partial charge in [-0.25, -0.2) is 0 Å². The number of hydrogen-bond donors (Lipinski definition) is 2. The molecule has 3 N–H and O–H groups in total. The lowest BCUT2D eigenvalue weighted by Crippen LogP contribution is -2.36. The Kier molecular flexibility index (Phi) is 3.72. The summed E-state index contributed by atoms with van der Waals surface area (Å²) in [5.41, 5.74) is 6.48. The fourth-order valence-electron chi connectivity index (χ4n) is 1.82. The molecular weight excluding hydrogens is 232 g/mol. The molecule has 0 spiro atoms. The third kappa shape index (κ3) is 2.92. The molecule has 1 aliphatic heterocycles. The number of ether oxygens (including phenoxy) is 2. The van der Waals surface area contributed by atoms with E-state index in [-0.39, 0.29) is 12.7 Å². The first-order chi connectivity index (χ1) is 8.56. The summed E-state index contributed by atoms with van der Waals surface area (Å²) in [6.07, 6.45) is 0.663. The smallest absolute Gasteiger partial charge is 0.241 e. The molecular formula is C13H18N2O3. The Morgan fingerprint density at radius 3 is 2.83 bits per heavy atom. The van der Waals surface area contributed by atoms with Crippen molar-refractivity contribution in [2.45, 2.75) is 26.3 Å². The number of nitrogens with one attached hydrogen (secondary N) is 1. The molecule has 0 radical (unpaired) electrons. The SMILES string of the molecule is CC(C)CC(N)C(=O)Nc1ccc2c(c1)OCO2. The summed E-state index contributed by atoms with van der Waals surface area (Å²) in [6, 6.07) is 4.79. The van der Waals surface area contributed by atoms with E-state index in [2.05, 4.69) is 5.32 Å². The van der Waals surface area contributed by atoms with Crippen molar-refractivity contribution in [1.82, 2.24) is 0 Å². The molecule has 2 rings (SSSR count). The third-order valence-corrected chi connectivity index (χ3v) is 2.70. The van der Waals surface area contributed by atoms with Crippen molar-refractivity contribution < 1.29 is 14.3 Å².